The number of carbonyl (C=O) groups excluding carboxylic acids is 1. The number of hydrogen-bond acceptors (Lipinski definition) is 5. The minimum absolute atomic E-state index is 0.194. The Morgan fingerprint density at radius 1 is 1.41 bits per heavy atom. The Labute approximate surface area is 127 Å². The first-order valence-corrected chi connectivity index (χ1v) is 6.83. The molecule has 118 valence electrons. The lowest BCUT2D eigenvalue weighted by Gasteiger charge is -2.16. The summed E-state index contributed by atoms with van der Waals surface area (Å²) in [6, 6.07) is 7.45. The number of aromatic nitrogens is 1. The van der Waals surface area contributed by atoms with Crippen LogP contribution in [0.15, 0.2) is 34.9 Å². The number of hydrogen-bond donors (Lipinski definition) is 1. The first kappa shape index (κ1) is 16.0. The molecule has 0 radical (unpaired) electrons. The molecule has 1 N–H and O–H groups in total. The molecule has 6 nitrogen and oxygen atoms in total. The number of nitrogens with one attached hydrogen (secondary N) is 1. The summed E-state index contributed by atoms with van der Waals surface area (Å²) in [7, 11) is 1.80. The lowest BCUT2D eigenvalue weighted by molar-refractivity contribution is -0.117. The fourth-order valence-corrected chi connectivity index (χ4v) is 1.77. The third-order valence-electron chi connectivity index (χ3n) is 2.86. The number of likely N-dealkylation sites (N-methyl/N-ethyl adjacent to an activating group) is 1. The highest BCUT2D eigenvalue weighted by Crippen LogP contribution is 2.11. The van der Waals surface area contributed by atoms with E-state index in [1.807, 2.05) is 4.90 Å². The van der Waals surface area contributed by atoms with Crippen molar-refractivity contribution in [2.45, 2.75) is 6.92 Å². The maximum Gasteiger partial charge on any atom is 0.240 e. The number of benzene rings is 1. The molecule has 7 heteroatoms. The number of amides is 1. The third-order valence-corrected chi connectivity index (χ3v) is 2.86. The van der Waals surface area contributed by atoms with Crippen molar-refractivity contribution in [2.75, 3.05) is 32.1 Å². The SMILES string of the molecule is Cc1cc(NC(=O)CN(C)CCOc2ccc(F)cc2)on1. The van der Waals surface area contributed by atoms with E-state index in [1.54, 1.807) is 32.2 Å². The van der Waals surface area contributed by atoms with Gasteiger partial charge in [0.2, 0.25) is 11.8 Å². The Bertz CT molecular complexity index is 613. The van der Waals surface area contributed by atoms with Crippen LogP contribution in [-0.4, -0.2) is 42.7 Å². The molecule has 2 rings (SSSR count). The zero-order chi connectivity index (χ0) is 15.9. The number of ether oxygens (including phenoxy) is 1. The molecule has 0 spiro atoms. The number of halogens is 1. The quantitative estimate of drug-likeness (QED) is 0.848. The van der Waals surface area contributed by atoms with E-state index >= 15 is 0 Å². The summed E-state index contributed by atoms with van der Waals surface area (Å²) in [6.07, 6.45) is 0. The third kappa shape index (κ3) is 5.17. The van der Waals surface area contributed by atoms with E-state index in [9.17, 15) is 9.18 Å². The summed E-state index contributed by atoms with van der Waals surface area (Å²) in [5.41, 5.74) is 0.705. The van der Waals surface area contributed by atoms with E-state index in [0.717, 1.165) is 0 Å². The lowest BCUT2D eigenvalue weighted by Crippen LogP contribution is -2.33. The van der Waals surface area contributed by atoms with Crippen LogP contribution < -0.4 is 10.1 Å². The summed E-state index contributed by atoms with van der Waals surface area (Å²) in [5.74, 6) is 0.430. The second kappa shape index (κ2) is 7.56. The van der Waals surface area contributed by atoms with Gasteiger partial charge in [-0.15, -0.1) is 0 Å². The van der Waals surface area contributed by atoms with Gasteiger partial charge in [0.25, 0.3) is 0 Å². The van der Waals surface area contributed by atoms with Crippen LogP contribution >= 0.6 is 0 Å². The van der Waals surface area contributed by atoms with Crippen LogP contribution in [0.5, 0.6) is 5.75 Å². The van der Waals surface area contributed by atoms with Crippen molar-refractivity contribution >= 4 is 11.8 Å². The fraction of sp³-hybridized carbons (Fsp3) is 0.333. The zero-order valence-corrected chi connectivity index (χ0v) is 12.5. The second-order valence-electron chi connectivity index (χ2n) is 4.92. The maximum absolute atomic E-state index is 12.7. The van der Waals surface area contributed by atoms with Crippen molar-refractivity contribution in [2.24, 2.45) is 0 Å². The summed E-state index contributed by atoms with van der Waals surface area (Å²) < 4.78 is 23.1. The van der Waals surface area contributed by atoms with Gasteiger partial charge < -0.3 is 9.26 Å². The van der Waals surface area contributed by atoms with Gasteiger partial charge in [-0.2, -0.15) is 0 Å². The Hall–Kier alpha value is -2.41. The molecule has 0 saturated heterocycles. The largest absolute Gasteiger partial charge is 0.492 e. The standard InChI is InChI=1S/C15H18FN3O3/c1-11-9-15(22-18-11)17-14(20)10-19(2)7-8-21-13-5-3-12(16)4-6-13/h3-6,9H,7-8,10H2,1-2H3,(H,17,20). The highest BCUT2D eigenvalue weighted by molar-refractivity contribution is 5.90. The molecule has 1 amide bonds. The van der Waals surface area contributed by atoms with Crippen molar-refractivity contribution < 1.29 is 18.4 Å². The molecule has 0 saturated carbocycles. The summed E-state index contributed by atoms with van der Waals surface area (Å²) >= 11 is 0. The molecule has 0 unspecified atom stereocenters. The van der Waals surface area contributed by atoms with Crippen molar-refractivity contribution in [3.8, 4) is 5.75 Å². The monoisotopic (exact) mass is 307 g/mol. The predicted molar refractivity (Wildman–Crippen MR) is 79.3 cm³/mol. The van der Waals surface area contributed by atoms with Crippen LogP contribution in [0.25, 0.3) is 0 Å². The molecule has 0 atom stereocenters. The van der Waals surface area contributed by atoms with Crippen LogP contribution in [0.4, 0.5) is 10.3 Å². The van der Waals surface area contributed by atoms with Gasteiger partial charge in [0, 0.05) is 12.6 Å². The fourth-order valence-electron chi connectivity index (χ4n) is 1.77. The molecule has 0 fully saturated rings. The molecule has 0 aliphatic rings. The summed E-state index contributed by atoms with van der Waals surface area (Å²) in [4.78, 5) is 13.6. The Kier molecular flexibility index (Phi) is 5.48. The van der Waals surface area contributed by atoms with E-state index in [-0.39, 0.29) is 18.3 Å². The average molecular weight is 307 g/mol. The molecule has 0 aliphatic carbocycles. The normalized spacial score (nSPS) is 10.7. The van der Waals surface area contributed by atoms with E-state index in [2.05, 4.69) is 10.5 Å². The molecule has 0 aliphatic heterocycles. The predicted octanol–water partition coefficient (Wildman–Crippen LogP) is 2.07. The van der Waals surface area contributed by atoms with Gasteiger partial charge in [0.15, 0.2) is 0 Å². The van der Waals surface area contributed by atoms with Gasteiger partial charge in [0.05, 0.1) is 12.2 Å². The van der Waals surface area contributed by atoms with E-state index < -0.39 is 0 Å². The Balaban J connectivity index is 1.67. The average Bonchev–Trinajstić information content (AvgIpc) is 2.86. The maximum atomic E-state index is 12.7. The molecule has 1 heterocycles. The smallest absolute Gasteiger partial charge is 0.240 e. The van der Waals surface area contributed by atoms with Gasteiger partial charge in [-0.3, -0.25) is 15.0 Å². The van der Waals surface area contributed by atoms with Gasteiger partial charge in [-0.1, -0.05) is 5.16 Å². The highest BCUT2D eigenvalue weighted by atomic mass is 19.1. The van der Waals surface area contributed by atoms with Crippen LogP contribution in [0.2, 0.25) is 0 Å². The first-order valence-electron chi connectivity index (χ1n) is 6.83. The minimum Gasteiger partial charge on any atom is -0.492 e. The van der Waals surface area contributed by atoms with Crippen molar-refractivity contribution in [1.29, 1.82) is 0 Å². The van der Waals surface area contributed by atoms with Crippen LogP contribution in [0.1, 0.15) is 5.69 Å². The van der Waals surface area contributed by atoms with Crippen LogP contribution in [-0.2, 0) is 4.79 Å². The second-order valence-corrected chi connectivity index (χ2v) is 4.92. The highest BCUT2D eigenvalue weighted by Gasteiger charge is 2.09. The number of aryl methyl sites for hydroxylation is 1. The van der Waals surface area contributed by atoms with Crippen LogP contribution in [0.3, 0.4) is 0 Å². The minimum atomic E-state index is -0.302. The Morgan fingerprint density at radius 3 is 2.77 bits per heavy atom. The van der Waals surface area contributed by atoms with Gasteiger partial charge in [-0.25, -0.2) is 4.39 Å². The topological polar surface area (TPSA) is 67.6 Å². The Morgan fingerprint density at radius 2 is 2.14 bits per heavy atom. The molecule has 1 aromatic carbocycles. The molecule has 22 heavy (non-hydrogen) atoms. The van der Waals surface area contributed by atoms with E-state index in [4.69, 9.17) is 9.26 Å². The van der Waals surface area contributed by atoms with Gasteiger partial charge in [-0.05, 0) is 38.2 Å². The molecule has 0 bridgehead atoms. The van der Waals surface area contributed by atoms with Gasteiger partial charge >= 0.3 is 0 Å². The molecule has 1 aromatic heterocycles. The van der Waals surface area contributed by atoms with Crippen molar-refractivity contribution in [3.63, 3.8) is 0 Å². The number of anilines is 1. The summed E-state index contributed by atoms with van der Waals surface area (Å²) in [5, 5.41) is 6.30. The molecule has 2 aromatic rings. The summed E-state index contributed by atoms with van der Waals surface area (Å²) in [6.45, 7) is 2.93. The number of carbonyl (C=O) groups is 1. The molecular formula is C15H18FN3O3. The van der Waals surface area contributed by atoms with Crippen LogP contribution in [0, 0.1) is 12.7 Å². The van der Waals surface area contributed by atoms with E-state index in [1.165, 1.54) is 12.1 Å². The lowest BCUT2D eigenvalue weighted by atomic mass is 10.3. The van der Waals surface area contributed by atoms with Gasteiger partial charge in [0.1, 0.15) is 18.2 Å². The van der Waals surface area contributed by atoms with Crippen molar-refractivity contribution in [1.82, 2.24) is 10.1 Å². The zero-order valence-electron chi connectivity index (χ0n) is 12.5. The van der Waals surface area contributed by atoms with E-state index in [0.29, 0.717) is 30.5 Å². The van der Waals surface area contributed by atoms with Crippen molar-refractivity contribution in [3.05, 3.63) is 41.8 Å². The first-order chi connectivity index (χ1) is 10.5. The number of rotatable bonds is 7. The number of nitrogens with zero attached hydrogens (tertiary/aromatic N) is 2. The molecular weight excluding hydrogens is 289 g/mol.